The first-order chi connectivity index (χ1) is 5.47. The van der Waals surface area contributed by atoms with Gasteiger partial charge < -0.3 is 0 Å². The van der Waals surface area contributed by atoms with Crippen LogP contribution in [0.5, 0.6) is 0 Å². The van der Waals surface area contributed by atoms with Crippen molar-refractivity contribution in [1.29, 1.82) is 0 Å². The molecule has 1 heterocycles. The third-order valence-electron chi connectivity index (χ3n) is 1.34. The standard InChI is InChI=1S/C8H7PS2/c1-2-4-8(5-3-1)9-10-6-7-11-9/h1-7H. The van der Waals surface area contributed by atoms with Crippen molar-refractivity contribution in [3.63, 3.8) is 0 Å². The molecule has 0 fully saturated rings. The third-order valence-corrected chi connectivity index (χ3v) is 7.82. The summed E-state index contributed by atoms with van der Waals surface area (Å²) >= 11 is 3.89. The molecule has 1 aliphatic rings. The molecule has 0 saturated heterocycles. The molecular weight excluding hydrogens is 191 g/mol. The van der Waals surface area contributed by atoms with Gasteiger partial charge in [0.25, 0.3) is 0 Å². The van der Waals surface area contributed by atoms with Gasteiger partial charge in [-0.05, 0) is 16.1 Å². The fourth-order valence-corrected chi connectivity index (χ4v) is 6.69. The minimum atomic E-state index is -0.0180. The first-order valence-corrected chi connectivity index (χ1v) is 7.62. The predicted molar refractivity (Wildman–Crippen MR) is 57.3 cm³/mol. The van der Waals surface area contributed by atoms with Gasteiger partial charge in [0.15, 0.2) is 0 Å². The lowest BCUT2D eigenvalue weighted by Gasteiger charge is -2.05. The zero-order valence-electron chi connectivity index (χ0n) is 5.81. The van der Waals surface area contributed by atoms with Crippen molar-refractivity contribution < 1.29 is 0 Å². The Kier molecular flexibility index (Phi) is 2.57. The molecule has 11 heavy (non-hydrogen) atoms. The van der Waals surface area contributed by atoms with Gasteiger partial charge in [-0.3, -0.25) is 0 Å². The topological polar surface area (TPSA) is 0 Å². The molecule has 1 aromatic carbocycles. The Morgan fingerprint density at radius 2 is 1.55 bits per heavy atom. The van der Waals surface area contributed by atoms with Crippen LogP contribution in [-0.4, -0.2) is 0 Å². The van der Waals surface area contributed by atoms with Crippen LogP contribution in [0.25, 0.3) is 0 Å². The van der Waals surface area contributed by atoms with E-state index in [1.807, 2.05) is 22.8 Å². The van der Waals surface area contributed by atoms with E-state index in [0.29, 0.717) is 0 Å². The molecule has 0 bridgehead atoms. The van der Waals surface area contributed by atoms with E-state index in [9.17, 15) is 0 Å². The molecule has 0 N–H and O–H groups in total. The van der Waals surface area contributed by atoms with Gasteiger partial charge in [-0.1, -0.05) is 53.1 Å². The van der Waals surface area contributed by atoms with Crippen molar-refractivity contribution in [3.05, 3.63) is 41.1 Å². The second-order valence-corrected chi connectivity index (χ2v) is 8.22. The number of hydrogen-bond acceptors (Lipinski definition) is 2. The van der Waals surface area contributed by atoms with Gasteiger partial charge in [0, 0.05) is 0 Å². The highest BCUT2D eigenvalue weighted by atomic mass is 33.1. The largest absolute Gasteiger partial charge is 0.0892 e. The molecule has 0 amide bonds. The van der Waals surface area contributed by atoms with E-state index >= 15 is 0 Å². The van der Waals surface area contributed by atoms with E-state index in [4.69, 9.17) is 0 Å². The van der Waals surface area contributed by atoms with E-state index < -0.39 is 0 Å². The molecule has 1 aliphatic heterocycles. The Morgan fingerprint density at radius 1 is 0.909 bits per heavy atom. The van der Waals surface area contributed by atoms with Crippen LogP contribution in [0.15, 0.2) is 41.1 Å². The Bertz CT molecular complexity index is 250. The molecule has 2 rings (SSSR count). The Labute approximate surface area is 75.7 Å². The summed E-state index contributed by atoms with van der Waals surface area (Å²) in [5.74, 6) is 0. The third kappa shape index (κ3) is 1.81. The first kappa shape index (κ1) is 7.72. The van der Waals surface area contributed by atoms with Crippen LogP contribution in [0.3, 0.4) is 0 Å². The summed E-state index contributed by atoms with van der Waals surface area (Å²) in [5.41, 5.74) is 0. The van der Waals surface area contributed by atoms with Crippen molar-refractivity contribution in [3.8, 4) is 0 Å². The van der Waals surface area contributed by atoms with E-state index in [0.717, 1.165) is 0 Å². The maximum Gasteiger partial charge on any atom is 0.0526 e. The van der Waals surface area contributed by atoms with Crippen molar-refractivity contribution >= 4 is 34.4 Å². The molecule has 56 valence electrons. The van der Waals surface area contributed by atoms with Gasteiger partial charge in [-0.2, -0.15) is 0 Å². The van der Waals surface area contributed by atoms with Crippen LogP contribution in [0.2, 0.25) is 0 Å². The average molecular weight is 198 g/mol. The normalized spacial score (nSPS) is 17.5. The van der Waals surface area contributed by atoms with E-state index in [1.54, 1.807) is 0 Å². The van der Waals surface area contributed by atoms with Crippen LogP contribution in [0.1, 0.15) is 0 Å². The van der Waals surface area contributed by atoms with Gasteiger partial charge in [-0.15, -0.1) is 0 Å². The van der Waals surface area contributed by atoms with Gasteiger partial charge in [0.1, 0.15) is 0 Å². The summed E-state index contributed by atoms with van der Waals surface area (Å²) in [6.45, 7) is 0. The lowest BCUT2D eigenvalue weighted by molar-refractivity contribution is 1.78. The molecule has 1 aromatic rings. The van der Waals surface area contributed by atoms with Crippen LogP contribution >= 0.6 is 29.1 Å². The number of benzene rings is 1. The molecule has 0 saturated carbocycles. The summed E-state index contributed by atoms with van der Waals surface area (Å²) in [6.07, 6.45) is -0.0180. The summed E-state index contributed by atoms with van der Waals surface area (Å²) in [4.78, 5) is 0. The molecule has 0 radical (unpaired) electrons. The van der Waals surface area contributed by atoms with Crippen molar-refractivity contribution in [2.24, 2.45) is 0 Å². The Balaban J connectivity index is 2.17. The maximum absolute atomic E-state index is 2.21. The smallest absolute Gasteiger partial charge is 0.0526 e. The predicted octanol–water partition coefficient (Wildman–Crippen LogP) is 3.58. The molecule has 0 aromatic heterocycles. The summed E-state index contributed by atoms with van der Waals surface area (Å²) < 4.78 is 0. The minimum Gasteiger partial charge on any atom is -0.0892 e. The average Bonchev–Trinajstić information content (AvgIpc) is 2.58. The first-order valence-electron chi connectivity index (χ1n) is 3.30. The fraction of sp³-hybridized carbons (Fsp3) is 0. The highest BCUT2D eigenvalue weighted by Crippen LogP contribution is 2.65. The highest BCUT2D eigenvalue weighted by molar-refractivity contribution is 8.92. The van der Waals surface area contributed by atoms with Gasteiger partial charge in [0.2, 0.25) is 0 Å². The minimum absolute atomic E-state index is 0.0180. The zero-order chi connectivity index (χ0) is 7.52. The van der Waals surface area contributed by atoms with Crippen LogP contribution < -0.4 is 5.30 Å². The maximum atomic E-state index is 2.21. The number of hydrogen-bond donors (Lipinski definition) is 0. The van der Waals surface area contributed by atoms with Crippen molar-refractivity contribution in [2.45, 2.75) is 0 Å². The lowest BCUT2D eigenvalue weighted by Crippen LogP contribution is -1.91. The molecule has 0 aliphatic carbocycles. The summed E-state index contributed by atoms with van der Waals surface area (Å²) in [7, 11) is 0. The molecule has 0 atom stereocenters. The molecule has 3 heteroatoms. The number of rotatable bonds is 1. The van der Waals surface area contributed by atoms with Crippen LogP contribution in [-0.2, 0) is 0 Å². The molecule has 0 nitrogen and oxygen atoms in total. The molecule has 0 unspecified atom stereocenters. The second kappa shape index (κ2) is 3.66. The second-order valence-electron chi connectivity index (χ2n) is 2.08. The quantitative estimate of drug-likeness (QED) is 0.633. The van der Waals surface area contributed by atoms with Gasteiger partial charge in [-0.25, -0.2) is 0 Å². The van der Waals surface area contributed by atoms with Crippen LogP contribution in [0, 0.1) is 0 Å². The van der Waals surface area contributed by atoms with Crippen molar-refractivity contribution in [1.82, 2.24) is 0 Å². The van der Waals surface area contributed by atoms with Crippen molar-refractivity contribution in [2.75, 3.05) is 0 Å². The van der Waals surface area contributed by atoms with Gasteiger partial charge in [0.05, 0.1) is 6.33 Å². The monoisotopic (exact) mass is 198 g/mol. The summed E-state index contributed by atoms with van der Waals surface area (Å²) in [6, 6.07) is 10.7. The lowest BCUT2D eigenvalue weighted by atomic mass is 10.4. The van der Waals surface area contributed by atoms with E-state index in [1.165, 1.54) is 5.30 Å². The molecule has 0 spiro atoms. The SMILES string of the molecule is C1=CSP(c2ccccc2)S1. The zero-order valence-corrected chi connectivity index (χ0v) is 8.33. The van der Waals surface area contributed by atoms with E-state index in [2.05, 4.69) is 41.1 Å². The van der Waals surface area contributed by atoms with Crippen LogP contribution in [0.4, 0.5) is 0 Å². The summed E-state index contributed by atoms with van der Waals surface area (Å²) in [5, 5.41) is 5.84. The Hall–Kier alpha value is 0.0900. The Morgan fingerprint density at radius 3 is 2.18 bits per heavy atom. The highest BCUT2D eigenvalue weighted by Gasteiger charge is 2.12. The fourth-order valence-electron chi connectivity index (χ4n) is 0.857. The van der Waals surface area contributed by atoms with E-state index in [-0.39, 0.29) is 6.33 Å². The molecular formula is C8H7PS2. The van der Waals surface area contributed by atoms with Gasteiger partial charge >= 0.3 is 0 Å².